The van der Waals surface area contributed by atoms with Crippen molar-refractivity contribution in [2.24, 2.45) is 0 Å². The lowest BCUT2D eigenvalue weighted by Gasteiger charge is -2.13. The van der Waals surface area contributed by atoms with E-state index in [1.807, 2.05) is 19.1 Å². The van der Waals surface area contributed by atoms with Crippen LogP contribution in [0.25, 0.3) is 0 Å². The van der Waals surface area contributed by atoms with Crippen LogP contribution in [0.5, 0.6) is 11.5 Å². The molecule has 0 aromatic heterocycles. The van der Waals surface area contributed by atoms with Crippen LogP contribution in [0.1, 0.15) is 17.5 Å². The van der Waals surface area contributed by atoms with Gasteiger partial charge in [0.05, 0.1) is 14.2 Å². The van der Waals surface area contributed by atoms with Crippen LogP contribution in [0.4, 0.5) is 0 Å². The standard InChI is InChI=1S/C12H16O4/c1-8-6-10(15-2)9(4-5-12(13)14)11(7-8)16-3/h6-7H,4-5H2,1-3H3,(H,13,14). The number of hydrogen-bond acceptors (Lipinski definition) is 3. The predicted octanol–water partition coefficient (Wildman–Crippen LogP) is 2.03. The summed E-state index contributed by atoms with van der Waals surface area (Å²) in [4.78, 5) is 10.6. The lowest BCUT2D eigenvalue weighted by molar-refractivity contribution is -0.136. The molecule has 0 aliphatic carbocycles. The Labute approximate surface area is 94.8 Å². The normalized spacial score (nSPS) is 9.94. The minimum absolute atomic E-state index is 0.0653. The Morgan fingerprint density at radius 1 is 1.25 bits per heavy atom. The Bertz CT molecular complexity index is 360. The molecule has 0 atom stereocenters. The van der Waals surface area contributed by atoms with E-state index < -0.39 is 5.97 Å². The third-order valence-electron chi connectivity index (χ3n) is 2.34. The summed E-state index contributed by atoms with van der Waals surface area (Å²) in [6, 6.07) is 3.75. The molecule has 0 fully saturated rings. The van der Waals surface area contributed by atoms with Crippen molar-refractivity contribution in [3.8, 4) is 11.5 Å². The van der Waals surface area contributed by atoms with Crippen LogP contribution in [0.2, 0.25) is 0 Å². The Morgan fingerprint density at radius 3 is 2.12 bits per heavy atom. The fraction of sp³-hybridized carbons (Fsp3) is 0.417. The van der Waals surface area contributed by atoms with E-state index in [-0.39, 0.29) is 6.42 Å². The Kier molecular flexibility index (Phi) is 4.17. The molecule has 0 saturated carbocycles. The van der Waals surface area contributed by atoms with E-state index in [2.05, 4.69) is 0 Å². The molecule has 0 amide bonds. The number of ether oxygens (including phenoxy) is 2. The SMILES string of the molecule is COc1cc(C)cc(OC)c1CCC(=O)O. The van der Waals surface area contributed by atoms with Gasteiger partial charge in [-0.25, -0.2) is 0 Å². The molecular weight excluding hydrogens is 208 g/mol. The predicted molar refractivity (Wildman–Crippen MR) is 60.2 cm³/mol. The second kappa shape index (κ2) is 5.39. The first-order valence-electron chi connectivity index (χ1n) is 5.01. The van der Waals surface area contributed by atoms with Gasteiger partial charge in [-0.05, 0) is 31.0 Å². The number of carboxylic acids is 1. The maximum absolute atomic E-state index is 10.6. The summed E-state index contributed by atoms with van der Waals surface area (Å²) >= 11 is 0. The minimum Gasteiger partial charge on any atom is -0.496 e. The van der Waals surface area contributed by atoms with Gasteiger partial charge in [-0.2, -0.15) is 0 Å². The van der Waals surface area contributed by atoms with Gasteiger partial charge in [0.2, 0.25) is 0 Å². The van der Waals surface area contributed by atoms with Crippen molar-refractivity contribution >= 4 is 5.97 Å². The monoisotopic (exact) mass is 224 g/mol. The molecule has 1 aromatic rings. The zero-order chi connectivity index (χ0) is 12.1. The fourth-order valence-electron chi connectivity index (χ4n) is 1.59. The maximum atomic E-state index is 10.6. The topological polar surface area (TPSA) is 55.8 Å². The number of aryl methyl sites for hydroxylation is 1. The van der Waals surface area contributed by atoms with Crippen LogP contribution >= 0.6 is 0 Å². The van der Waals surface area contributed by atoms with E-state index in [0.717, 1.165) is 11.1 Å². The summed E-state index contributed by atoms with van der Waals surface area (Å²) in [7, 11) is 3.14. The molecule has 0 radical (unpaired) electrons. The molecule has 1 rings (SSSR count). The third-order valence-corrected chi connectivity index (χ3v) is 2.34. The van der Waals surface area contributed by atoms with E-state index in [1.165, 1.54) is 0 Å². The van der Waals surface area contributed by atoms with Gasteiger partial charge in [-0.15, -0.1) is 0 Å². The highest BCUT2D eigenvalue weighted by Gasteiger charge is 2.12. The van der Waals surface area contributed by atoms with Crippen molar-refractivity contribution in [3.63, 3.8) is 0 Å². The first-order chi connectivity index (χ1) is 7.58. The first-order valence-corrected chi connectivity index (χ1v) is 5.01. The van der Waals surface area contributed by atoms with Crippen molar-refractivity contribution in [1.29, 1.82) is 0 Å². The quantitative estimate of drug-likeness (QED) is 0.831. The van der Waals surface area contributed by atoms with Crippen molar-refractivity contribution < 1.29 is 19.4 Å². The van der Waals surface area contributed by atoms with Gasteiger partial charge in [0, 0.05) is 12.0 Å². The number of carbonyl (C=O) groups is 1. The van der Waals surface area contributed by atoms with Crippen LogP contribution in [0, 0.1) is 6.92 Å². The van der Waals surface area contributed by atoms with Gasteiger partial charge >= 0.3 is 5.97 Å². The summed E-state index contributed by atoms with van der Waals surface area (Å²) in [5, 5.41) is 8.67. The molecule has 0 spiro atoms. The fourth-order valence-corrected chi connectivity index (χ4v) is 1.59. The molecule has 4 nitrogen and oxygen atoms in total. The second-order valence-corrected chi connectivity index (χ2v) is 3.54. The number of carboxylic acid groups (broad SMARTS) is 1. The van der Waals surface area contributed by atoms with Gasteiger partial charge in [0.25, 0.3) is 0 Å². The van der Waals surface area contributed by atoms with Crippen molar-refractivity contribution in [2.75, 3.05) is 14.2 Å². The molecule has 0 aliphatic rings. The lowest BCUT2D eigenvalue weighted by atomic mass is 10.0. The highest BCUT2D eigenvalue weighted by Crippen LogP contribution is 2.31. The first kappa shape index (κ1) is 12.4. The summed E-state index contributed by atoms with van der Waals surface area (Å²) in [6.07, 6.45) is 0.470. The van der Waals surface area contributed by atoms with Crippen LogP contribution in [-0.4, -0.2) is 25.3 Å². The van der Waals surface area contributed by atoms with Crippen molar-refractivity contribution in [2.45, 2.75) is 19.8 Å². The molecule has 0 aliphatic heterocycles. The van der Waals surface area contributed by atoms with Gasteiger partial charge in [-0.1, -0.05) is 0 Å². The third kappa shape index (κ3) is 2.89. The second-order valence-electron chi connectivity index (χ2n) is 3.54. The number of methoxy groups -OCH3 is 2. The summed E-state index contributed by atoms with van der Waals surface area (Å²) in [5.41, 5.74) is 1.82. The number of hydrogen-bond donors (Lipinski definition) is 1. The van der Waals surface area contributed by atoms with Crippen LogP contribution in [0.15, 0.2) is 12.1 Å². The van der Waals surface area contributed by atoms with Crippen molar-refractivity contribution in [3.05, 3.63) is 23.3 Å². The van der Waals surface area contributed by atoms with Crippen LogP contribution in [-0.2, 0) is 11.2 Å². The number of rotatable bonds is 5. The van der Waals surface area contributed by atoms with Crippen LogP contribution < -0.4 is 9.47 Å². The Morgan fingerprint density at radius 2 is 1.75 bits per heavy atom. The average molecular weight is 224 g/mol. The Balaban J connectivity index is 3.06. The lowest BCUT2D eigenvalue weighted by Crippen LogP contribution is -2.02. The largest absolute Gasteiger partial charge is 0.496 e. The molecule has 0 unspecified atom stereocenters. The molecule has 1 N–H and O–H groups in total. The summed E-state index contributed by atoms with van der Waals surface area (Å²) in [6.45, 7) is 1.94. The summed E-state index contributed by atoms with van der Waals surface area (Å²) in [5.74, 6) is 0.529. The molecule has 16 heavy (non-hydrogen) atoms. The van der Waals surface area contributed by atoms with Crippen molar-refractivity contribution in [1.82, 2.24) is 0 Å². The van der Waals surface area contributed by atoms with E-state index in [0.29, 0.717) is 17.9 Å². The smallest absolute Gasteiger partial charge is 0.303 e. The maximum Gasteiger partial charge on any atom is 0.303 e. The average Bonchev–Trinajstić information content (AvgIpc) is 2.25. The highest BCUT2D eigenvalue weighted by molar-refractivity contribution is 5.67. The van der Waals surface area contributed by atoms with E-state index in [4.69, 9.17) is 14.6 Å². The summed E-state index contributed by atoms with van der Waals surface area (Å²) < 4.78 is 10.5. The zero-order valence-corrected chi connectivity index (χ0v) is 9.74. The van der Waals surface area contributed by atoms with E-state index >= 15 is 0 Å². The molecular formula is C12H16O4. The highest BCUT2D eigenvalue weighted by atomic mass is 16.5. The molecule has 0 bridgehead atoms. The minimum atomic E-state index is -0.829. The van der Waals surface area contributed by atoms with Gasteiger partial charge in [-0.3, -0.25) is 4.79 Å². The molecule has 4 heteroatoms. The number of aliphatic carboxylic acids is 1. The number of benzene rings is 1. The Hall–Kier alpha value is -1.71. The molecule has 0 heterocycles. The van der Waals surface area contributed by atoms with Gasteiger partial charge in [0.15, 0.2) is 0 Å². The van der Waals surface area contributed by atoms with Crippen LogP contribution in [0.3, 0.4) is 0 Å². The molecule has 88 valence electrons. The zero-order valence-electron chi connectivity index (χ0n) is 9.74. The van der Waals surface area contributed by atoms with Gasteiger partial charge in [0.1, 0.15) is 11.5 Å². The van der Waals surface area contributed by atoms with Gasteiger partial charge < -0.3 is 14.6 Å². The molecule has 0 saturated heterocycles. The van der Waals surface area contributed by atoms with E-state index in [1.54, 1.807) is 14.2 Å². The van der Waals surface area contributed by atoms with E-state index in [9.17, 15) is 4.79 Å². The molecule has 1 aromatic carbocycles.